The highest BCUT2D eigenvalue weighted by Gasteiger charge is 2.43. The molecule has 2 aromatic carbocycles. The van der Waals surface area contributed by atoms with E-state index < -0.39 is 23.5 Å². The van der Waals surface area contributed by atoms with Crippen LogP contribution in [0.4, 0.5) is 0 Å². The van der Waals surface area contributed by atoms with E-state index in [1.165, 1.54) is 11.0 Å². The number of morpholine rings is 1. The highest BCUT2D eigenvalue weighted by Crippen LogP contribution is 2.41. The van der Waals surface area contributed by atoms with E-state index in [2.05, 4.69) is 4.90 Å². The van der Waals surface area contributed by atoms with Crippen molar-refractivity contribution in [2.24, 2.45) is 0 Å². The summed E-state index contributed by atoms with van der Waals surface area (Å²) in [5.41, 5.74) is 1.41. The van der Waals surface area contributed by atoms with E-state index in [0.29, 0.717) is 41.8 Å². The number of aliphatic hydroxyl groups is 1. The van der Waals surface area contributed by atoms with Crippen LogP contribution in [0.15, 0.2) is 65.9 Å². The Morgan fingerprint density at radius 3 is 2.53 bits per heavy atom. The number of rotatable bonds is 8. The van der Waals surface area contributed by atoms with Crippen LogP contribution in [0, 0.1) is 0 Å². The molecule has 6 nitrogen and oxygen atoms in total. The second kappa shape index (κ2) is 11.2. The summed E-state index contributed by atoms with van der Waals surface area (Å²) in [4.78, 5) is 30.1. The normalized spacial score (nSPS) is 19.4. The molecule has 2 heterocycles. The molecule has 0 radical (unpaired) electrons. The van der Waals surface area contributed by atoms with E-state index in [0.717, 1.165) is 25.2 Å². The van der Waals surface area contributed by atoms with Gasteiger partial charge in [0.1, 0.15) is 0 Å². The predicted octanol–water partition coefficient (Wildman–Crippen LogP) is 4.69. The Hall–Kier alpha value is -2.64. The van der Waals surface area contributed by atoms with E-state index in [9.17, 15) is 14.7 Å². The monoisotopic (exact) mass is 500 g/mol. The molecule has 178 valence electrons. The molecule has 1 amide bonds. The van der Waals surface area contributed by atoms with Gasteiger partial charge in [0, 0.05) is 36.2 Å². The third-order valence-corrected chi connectivity index (χ3v) is 6.59. The summed E-state index contributed by atoms with van der Waals surface area (Å²) in [7, 11) is 0. The van der Waals surface area contributed by atoms with Gasteiger partial charge in [-0.15, -0.1) is 0 Å². The van der Waals surface area contributed by atoms with E-state index >= 15 is 0 Å². The Balaban J connectivity index is 1.60. The summed E-state index contributed by atoms with van der Waals surface area (Å²) >= 11 is 12.6. The van der Waals surface area contributed by atoms with Crippen LogP contribution in [-0.4, -0.2) is 66.0 Å². The van der Waals surface area contributed by atoms with Gasteiger partial charge in [0.15, 0.2) is 11.5 Å². The van der Waals surface area contributed by atoms with Crippen molar-refractivity contribution in [2.45, 2.75) is 12.5 Å². The largest absolute Gasteiger partial charge is 0.503 e. The molecular weight excluding hydrogens is 475 g/mol. The molecule has 4 rings (SSSR count). The van der Waals surface area contributed by atoms with Crippen molar-refractivity contribution in [3.63, 3.8) is 0 Å². The first-order chi connectivity index (χ1) is 16.5. The maximum Gasteiger partial charge on any atom is 0.290 e. The second-order valence-corrected chi connectivity index (χ2v) is 9.09. The lowest BCUT2D eigenvalue weighted by molar-refractivity contribution is -0.129. The van der Waals surface area contributed by atoms with Gasteiger partial charge in [-0.25, -0.2) is 0 Å². The first-order valence-corrected chi connectivity index (χ1v) is 12.0. The molecule has 0 spiro atoms. The zero-order chi connectivity index (χ0) is 24.1. The van der Waals surface area contributed by atoms with Crippen molar-refractivity contribution in [3.8, 4) is 0 Å². The summed E-state index contributed by atoms with van der Waals surface area (Å²) in [5, 5.41) is 11.5. The van der Waals surface area contributed by atoms with E-state index in [-0.39, 0.29) is 5.57 Å². The summed E-state index contributed by atoms with van der Waals surface area (Å²) in [6.07, 6.45) is 3.72. The predicted molar refractivity (Wildman–Crippen MR) is 133 cm³/mol. The number of carbonyl (C=O) groups excluding carboxylic acids is 2. The maximum absolute atomic E-state index is 13.2. The molecule has 8 heteroatoms. The Kier molecular flexibility index (Phi) is 8.06. The summed E-state index contributed by atoms with van der Waals surface area (Å²) < 4.78 is 5.39. The fourth-order valence-corrected chi connectivity index (χ4v) is 4.81. The number of benzene rings is 2. The molecular formula is C26H26Cl2N2O4. The number of hydrogen-bond acceptors (Lipinski definition) is 5. The number of ketones is 1. The average molecular weight is 501 g/mol. The topological polar surface area (TPSA) is 70.1 Å². The zero-order valence-electron chi connectivity index (χ0n) is 18.6. The standard InChI is InChI=1S/C26H26Cl2N2O4/c27-19-8-9-20(21(28)17-19)24-23(22(31)10-7-18-5-2-1-3-6-18)25(32)26(33)30(24)12-4-11-29-13-15-34-16-14-29/h1-3,5-10,17,24,32H,4,11-16H2/b10-7+/t24-/m1/s1. The minimum absolute atomic E-state index is 0.0211. The molecule has 0 bridgehead atoms. The van der Waals surface area contributed by atoms with Gasteiger partial charge in [-0.05, 0) is 35.8 Å². The Morgan fingerprint density at radius 1 is 1.09 bits per heavy atom. The van der Waals surface area contributed by atoms with Crippen LogP contribution >= 0.6 is 23.2 Å². The average Bonchev–Trinajstić information content (AvgIpc) is 3.09. The van der Waals surface area contributed by atoms with Crippen molar-refractivity contribution >= 4 is 41.0 Å². The maximum atomic E-state index is 13.2. The van der Waals surface area contributed by atoms with Crippen LogP contribution in [0.25, 0.3) is 6.08 Å². The first-order valence-electron chi connectivity index (χ1n) is 11.2. The molecule has 1 fully saturated rings. The number of halogens is 2. The highest BCUT2D eigenvalue weighted by molar-refractivity contribution is 6.35. The summed E-state index contributed by atoms with van der Waals surface area (Å²) in [6.45, 7) is 4.23. The lowest BCUT2D eigenvalue weighted by Gasteiger charge is -2.30. The van der Waals surface area contributed by atoms with Crippen LogP contribution in [-0.2, 0) is 14.3 Å². The van der Waals surface area contributed by atoms with Gasteiger partial charge in [0.2, 0.25) is 0 Å². The van der Waals surface area contributed by atoms with Crippen molar-refractivity contribution < 1.29 is 19.4 Å². The molecule has 0 unspecified atom stereocenters. The minimum Gasteiger partial charge on any atom is -0.503 e. The number of aliphatic hydroxyl groups excluding tert-OH is 1. The molecule has 2 aliphatic heterocycles. The number of ether oxygens (including phenoxy) is 1. The third kappa shape index (κ3) is 5.53. The Bertz CT molecular complexity index is 1110. The lowest BCUT2D eigenvalue weighted by atomic mass is 9.95. The number of allylic oxidation sites excluding steroid dienone is 1. The van der Waals surface area contributed by atoms with Crippen LogP contribution in [0.1, 0.15) is 23.6 Å². The Morgan fingerprint density at radius 2 is 1.82 bits per heavy atom. The SMILES string of the molecule is O=C(/C=C/c1ccccc1)C1=C(O)C(=O)N(CCCN2CCOCC2)[C@@H]1c1ccc(Cl)cc1Cl. The van der Waals surface area contributed by atoms with Gasteiger partial charge >= 0.3 is 0 Å². The van der Waals surface area contributed by atoms with Gasteiger partial charge in [-0.2, -0.15) is 0 Å². The quantitative estimate of drug-likeness (QED) is 0.532. The van der Waals surface area contributed by atoms with Gasteiger partial charge in [-0.1, -0.05) is 65.7 Å². The number of hydrogen-bond donors (Lipinski definition) is 1. The molecule has 2 aliphatic rings. The molecule has 2 aromatic rings. The zero-order valence-corrected chi connectivity index (χ0v) is 20.1. The Labute approximate surface area is 209 Å². The van der Waals surface area contributed by atoms with Crippen LogP contribution in [0.2, 0.25) is 10.0 Å². The van der Waals surface area contributed by atoms with Gasteiger partial charge in [0.05, 0.1) is 24.8 Å². The van der Waals surface area contributed by atoms with Crippen LogP contribution in [0.5, 0.6) is 0 Å². The van der Waals surface area contributed by atoms with Crippen molar-refractivity contribution in [3.05, 3.63) is 87.1 Å². The summed E-state index contributed by atoms with van der Waals surface area (Å²) in [5.74, 6) is -1.55. The smallest absolute Gasteiger partial charge is 0.290 e. The van der Waals surface area contributed by atoms with Crippen LogP contribution in [0.3, 0.4) is 0 Å². The fraction of sp³-hybridized carbons (Fsp3) is 0.308. The number of amides is 1. The third-order valence-electron chi connectivity index (χ3n) is 6.03. The highest BCUT2D eigenvalue weighted by atomic mass is 35.5. The van der Waals surface area contributed by atoms with Crippen LogP contribution < -0.4 is 0 Å². The second-order valence-electron chi connectivity index (χ2n) is 8.25. The van der Waals surface area contributed by atoms with E-state index in [1.807, 2.05) is 30.3 Å². The van der Waals surface area contributed by atoms with Crippen molar-refractivity contribution in [2.75, 3.05) is 39.4 Å². The number of carbonyl (C=O) groups is 2. The van der Waals surface area contributed by atoms with Gasteiger partial charge < -0.3 is 14.7 Å². The molecule has 0 aliphatic carbocycles. The molecule has 1 atom stereocenters. The molecule has 1 saturated heterocycles. The number of nitrogens with zero attached hydrogens (tertiary/aromatic N) is 2. The summed E-state index contributed by atoms with van der Waals surface area (Å²) in [6, 6.07) is 13.5. The molecule has 0 aromatic heterocycles. The molecule has 1 N–H and O–H groups in total. The fourth-order valence-electron chi connectivity index (χ4n) is 4.30. The van der Waals surface area contributed by atoms with E-state index in [4.69, 9.17) is 27.9 Å². The minimum atomic E-state index is -0.796. The molecule has 0 saturated carbocycles. The van der Waals surface area contributed by atoms with Crippen molar-refractivity contribution in [1.82, 2.24) is 9.80 Å². The van der Waals surface area contributed by atoms with Gasteiger partial charge in [-0.3, -0.25) is 14.5 Å². The van der Waals surface area contributed by atoms with E-state index in [1.54, 1.807) is 24.3 Å². The molecule has 34 heavy (non-hydrogen) atoms. The first kappa shape index (κ1) is 24.5. The van der Waals surface area contributed by atoms with Gasteiger partial charge in [0.25, 0.3) is 5.91 Å². The lowest BCUT2D eigenvalue weighted by Crippen LogP contribution is -2.39. The van der Waals surface area contributed by atoms with Crippen molar-refractivity contribution in [1.29, 1.82) is 0 Å².